The summed E-state index contributed by atoms with van der Waals surface area (Å²) in [5, 5.41) is 15.1. The molecule has 0 unspecified atom stereocenters. The predicted octanol–water partition coefficient (Wildman–Crippen LogP) is 4.15. The van der Waals surface area contributed by atoms with Gasteiger partial charge in [0, 0.05) is 56.0 Å². The van der Waals surface area contributed by atoms with Gasteiger partial charge in [0.15, 0.2) is 0 Å². The molecule has 3 heterocycles. The number of benzene rings is 2. The maximum atomic E-state index is 14.2. The van der Waals surface area contributed by atoms with Crippen LogP contribution >= 0.6 is 0 Å². The molecule has 1 amide bonds. The summed E-state index contributed by atoms with van der Waals surface area (Å²) in [6.07, 6.45) is 0.0386. The Kier molecular flexibility index (Phi) is 8.69. The molecule has 10 nitrogen and oxygen atoms in total. The van der Waals surface area contributed by atoms with E-state index in [1.807, 2.05) is 6.07 Å². The first-order valence-electron chi connectivity index (χ1n) is 13.4. The van der Waals surface area contributed by atoms with Crippen LogP contribution in [-0.4, -0.2) is 69.5 Å². The van der Waals surface area contributed by atoms with Crippen LogP contribution in [0.4, 0.5) is 30.5 Å². The lowest BCUT2D eigenvalue weighted by atomic mass is 10.0. The second kappa shape index (κ2) is 12.6. The molecule has 5 rings (SSSR count). The number of nitrogens with zero attached hydrogens (tertiary/aromatic N) is 5. The van der Waals surface area contributed by atoms with E-state index in [1.54, 1.807) is 59.2 Å². The summed E-state index contributed by atoms with van der Waals surface area (Å²) in [5.41, 5.74) is -0.314. The summed E-state index contributed by atoms with van der Waals surface area (Å²) in [4.78, 5) is 27.9. The number of aliphatic hydroxyl groups excluding tert-OH is 1. The third-order valence-corrected chi connectivity index (χ3v) is 6.63. The number of aromatic nitrogens is 4. The van der Waals surface area contributed by atoms with Crippen LogP contribution in [0.1, 0.15) is 34.2 Å². The zero-order chi connectivity index (χ0) is 29.7. The Morgan fingerprint density at radius 2 is 1.88 bits per heavy atom. The highest BCUT2D eigenvalue weighted by Gasteiger charge is 2.39. The Balaban J connectivity index is 1.35. The van der Waals surface area contributed by atoms with Gasteiger partial charge in [0.25, 0.3) is 5.91 Å². The van der Waals surface area contributed by atoms with Gasteiger partial charge >= 0.3 is 6.18 Å². The van der Waals surface area contributed by atoms with Crippen LogP contribution in [0.15, 0.2) is 67.1 Å². The van der Waals surface area contributed by atoms with Crippen LogP contribution < -0.4 is 15.5 Å². The number of carbonyl (C=O) groups excluding carboxylic acids is 1. The monoisotopic (exact) mass is 581 g/mol. The number of morpholine rings is 1. The molecule has 1 aliphatic heterocycles. The van der Waals surface area contributed by atoms with Crippen LogP contribution in [0.3, 0.4) is 0 Å². The quantitative estimate of drug-likeness (QED) is 0.270. The molecule has 2 aromatic heterocycles. The number of imidazole rings is 1. The van der Waals surface area contributed by atoms with Crippen molar-refractivity contribution >= 4 is 23.2 Å². The van der Waals surface area contributed by atoms with Gasteiger partial charge in [-0.2, -0.15) is 18.2 Å². The molecule has 1 atom stereocenters. The van der Waals surface area contributed by atoms with Crippen molar-refractivity contribution in [2.24, 2.45) is 0 Å². The zero-order valence-electron chi connectivity index (χ0n) is 22.8. The number of ether oxygens (including phenoxy) is 1. The molecule has 3 N–H and O–H groups in total. The third kappa shape index (κ3) is 6.86. The number of anilines is 3. The Morgan fingerprint density at radius 1 is 1.10 bits per heavy atom. The molecule has 0 spiro atoms. The topological polar surface area (TPSA) is 117 Å². The number of amides is 1. The lowest BCUT2D eigenvalue weighted by Crippen LogP contribution is -2.38. The largest absolute Gasteiger partial charge is 0.419 e. The number of hydrogen-bond acceptors (Lipinski definition) is 8. The summed E-state index contributed by atoms with van der Waals surface area (Å²) in [6, 6.07) is 12.6. The Hall–Kier alpha value is -4.49. The fourth-order valence-corrected chi connectivity index (χ4v) is 4.72. The van der Waals surface area contributed by atoms with Gasteiger partial charge in [-0.15, -0.1) is 0 Å². The van der Waals surface area contributed by atoms with Crippen LogP contribution in [-0.2, 0) is 17.3 Å². The summed E-state index contributed by atoms with van der Waals surface area (Å²) in [6.45, 7) is 3.19. The van der Waals surface area contributed by atoms with Gasteiger partial charge in [0.05, 0.1) is 30.4 Å². The van der Waals surface area contributed by atoms with E-state index in [9.17, 15) is 23.1 Å². The fourth-order valence-electron chi connectivity index (χ4n) is 4.72. The highest BCUT2D eigenvalue weighted by Crippen LogP contribution is 2.39. The molecule has 0 aliphatic carbocycles. The Labute approximate surface area is 240 Å². The van der Waals surface area contributed by atoms with E-state index in [0.29, 0.717) is 62.5 Å². The van der Waals surface area contributed by atoms with Gasteiger partial charge in [-0.1, -0.05) is 18.2 Å². The number of halogens is 3. The van der Waals surface area contributed by atoms with Gasteiger partial charge < -0.3 is 25.4 Å². The lowest BCUT2D eigenvalue weighted by Gasteiger charge is -2.31. The first-order chi connectivity index (χ1) is 20.2. The van der Waals surface area contributed by atoms with E-state index in [-0.39, 0.29) is 5.69 Å². The Morgan fingerprint density at radius 3 is 2.64 bits per heavy atom. The lowest BCUT2D eigenvalue weighted by molar-refractivity contribution is -0.137. The molecular formula is C29H30F3N7O3. The smallest absolute Gasteiger partial charge is 0.392 e. The van der Waals surface area contributed by atoms with Crippen LogP contribution in [0.25, 0.3) is 5.82 Å². The minimum Gasteiger partial charge on any atom is -0.392 e. The third-order valence-electron chi connectivity index (χ3n) is 6.63. The molecular weight excluding hydrogens is 551 g/mol. The number of hydrogen-bond donors (Lipinski definition) is 3. The first-order valence-corrected chi connectivity index (χ1v) is 13.4. The highest BCUT2D eigenvalue weighted by atomic mass is 19.4. The van der Waals surface area contributed by atoms with E-state index in [0.717, 1.165) is 5.56 Å². The van der Waals surface area contributed by atoms with Crippen LogP contribution in [0.2, 0.25) is 0 Å². The maximum Gasteiger partial charge on any atom is 0.419 e. The van der Waals surface area contributed by atoms with Crippen LogP contribution in [0.5, 0.6) is 0 Å². The molecule has 1 fully saturated rings. The van der Waals surface area contributed by atoms with Crippen molar-refractivity contribution in [3.8, 4) is 5.82 Å². The predicted molar refractivity (Wildman–Crippen MR) is 151 cm³/mol. The SMILES string of the molecule is C[C@H](O)CNc1nccc(-n2ccnc2Cc2cccc(NC(=O)c3cccc(N4CCOCC4)c3C(F)(F)F)c2)n1. The van der Waals surface area contributed by atoms with Crippen molar-refractivity contribution < 1.29 is 27.8 Å². The Bertz CT molecular complexity index is 1530. The normalized spacial score (nSPS) is 14.5. The van der Waals surface area contributed by atoms with E-state index < -0.39 is 29.3 Å². The summed E-state index contributed by atoms with van der Waals surface area (Å²) >= 11 is 0. The zero-order valence-corrected chi connectivity index (χ0v) is 22.8. The molecule has 2 aromatic carbocycles. The minimum absolute atomic E-state index is 0.0343. The van der Waals surface area contributed by atoms with E-state index >= 15 is 0 Å². The van der Waals surface area contributed by atoms with E-state index in [1.165, 1.54) is 18.2 Å². The van der Waals surface area contributed by atoms with E-state index in [2.05, 4.69) is 25.6 Å². The van der Waals surface area contributed by atoms with Crippen molar-refractivity contribution in [3.63, 3.8) is 0 Å². The molecule has 0 saturated carbocycles. The molecule has 1 aliphatic rings. The highest BCUT2D eigenvalue weighted by molar-refractivity contribution is 6.06. The molecule has 13 heteroatoms. The summed E-state index contributed by atoms with van der Waals surface area (Å²) in [5.74, 6) is 0.717. The molecule has 0 bridgehead atoms. The van der Waals surface area contributed by atoms with Crippen molar-refractivity contribution in [1.29, 1.82) is 0 Å². The second-order valence-corrected chi connectivity index (χ2v) is 9.81. The van der Waals surface area contributed by atoms with Gasteiger partial charge in [-0.25, -0.2) is 9.97 Å². The van der Waals surface area contributed by atoms with Crippen molar-refractivity contribution in [1.82, 2.24) is 19.5 Å². The van der Waals surface area contributed by atoms with E-state index in [4.69, 9.17) is 4.74 Å². The molecule has 1 saturated heterocycles. The van der Waals surface area contributed by atoms with Gasteiger partial charge in [-0.05, 0) is 42.8 Å². The summed E-state index contributed by atoms with van der Waals surface area (Å²) < 4.78 is 49.8. The number of nitrogens with one attached hydrogen (secondary N) is 2. The van der Waals surface area contributed by atoms with Crippen molar-refractivity contribution in [3.05, 3.63) is 89.6 Å². The van der Waals surface area contributed by atoms with Gasteiger partial charge in [0.1, 0.15) is 11.6 Å². The average molecular weight is 582 g/mol. The molecule has 4 aromatic rings. The number of alkyl halides is 3. The number of carbonyl (C=O) groups is 1. The molecule has 42 heavy (non-hydrogen) atoms. The van der Waals surface area contributed by atoms with Crippen LogP contribution in [0, 0.1) is 0 Å². The summed E-state index contributed by atoms with van der Waals surface area (Å²) in [7, 11) is 0. The maximum absolute atomic E-state index is 14.2. The molecule has 0 radical (unpaired) electrons. The average Bonchev–Trinajstić information content (AvgIpc) is 3.44. The van der Waals surface area contributed by atoms with Crippen molar-refractivity contribution in [2.45, 2.75) is 25.6 Å². The molecule has 220 valence electrons. The second-order valence-electron chi connectivity index (χ2n) is 9.81. The fraction of sp³-hybridized carbons (Fsp3) is 0.310. The standard InChI is InChI=1S/C29H30F3N7O3/c1-19(40)18-35-28-34-9-8-24(37-28)39-11-10-33-25(39)17-20-4-2-5-21(16-20)36-27(41)22-6-3-7-23(26(22)29(30,31)32)38-12-14-42-15-13-38/h2-11,16,19,40H,12-15,17-18H2,1H3,(H,36,41)(H,34,35,37)/t19-/m0/s1. The van der Waals surface area contributed by atoms with Gasteiger partial charge in [0.2, 0.25) is 5.95 Å². The first kappa shape index (κ1) is 29.0. The number of aliphatic hydroxyl groups is 1. The minimum atomic E-state index is -4.73. The number of rotatable bonds is 9. The van der Waals surface area contributed by atoms with Crippen molar-refractivity contribution in [2.75, 3.05) is 48.4 Å². The van der Waals surface area contributed by atoms with Gasteiger partial charge in [-0.3, -0.25) is 9.36 Å².